The Morgan fingerprint density at radius 2 is 1.94 bits per heavy atom. The lowest BCUT2D eigenvalue weighted by molar-refractivity contribution is -0.136. The van der Waals surface area contributed by atoms with Crippen LogP contribution in [0.5, 0.6) is 11.9 Å². The van der Waals surface area contributed by atoms with E-state index in [1.807, 2.05) is 0 Å². The highest BCUT2D eigenvalue weighted by Crippen LogP contribution is 2.33. The molecule has 176 valence electrons. The van der Waals surface area contributed by atoms with E-state index in [0.717, 1.165) is 3.97 Å². The molecule has 0 aliphatic rings. The number of carboxylic acid groups (broad SMARTS) is 1. The first kappa shape index (κ1) is 23.5. The van der Waals surface area contributed by atoms with Gasteiger partial charge in [-0.1, -0.05) is 23.7 Å². The molecule has 0 radical (unpaired) electrons. The number of nitrogens with zero attached hydrogens (tertiary/aromatic N) is 3. The Morgan fingerprint density at radius 3 is 2.65 bits per heavy atom. The maximum absolute atomic E-state index is 13.7. The van der Waals surface area contributed by atoms with Gasteiger partial charge in [0.2, 0.25) is 5.88 Å². The first-order chi connectivity index (χ1) is 16.2. The van der Waals surface area contributed by atoms with Crippen molar-refractivity contribution in [3.63, 3.8) is 0 Å². The molecule has 0 aliphatic carbocycles. The van der Waals surface area contributed by atoms with Crippen molar-refractivity contribution in [3.05, 3.63) is 65.4 Å². The number of benzene rings is 2. The monoisotopic (exact) mass is 501 g/mol. The highest BCUT2D eigenvalue weighted by atomic mass is 35.5. The van der Waals surface area contributed by atoms with Crippen molar-refractivity contribution in [2.24, 2.45) is 0 Å². The Balaban J connectivity index is 1.83. The van der Waals surface area contributed by atoms with Crippen LogP contribution in [0.1, 0.15) is 12.0 Å². The number of aryl methyl sites for hydroxylation is 1. The van der Waals surface area contributed by atoms with Gasteiger partial charge in [0.25, 0.3) is 10.0 Å². The van der Waals surface area contributed by atoms with Gasteiger partial charge in [-0.25, -0.2) is 17.4 Å². The molecule has 11 heteroatoms. The van der Waals surface area contributed by atoms with Gasteiger partial charge in [-0.3, -0.25) is 4.79 Å². The predicted molar refractivity (Wildman–Crippen MR) is 126 cm³/mol. The van der Waals surface area contributed by atoms with Crippen molar-refractivity contribution in [1.82, 2.24) is 13.9 Å². The van der Waals surface area contributed by atoms with Gasteiger partial charge in [-0.15, -0.1) is 0 Å². The fourth-order valence-electron chi connectivity index (χ4n) is 3.62. The normalized spacial score (nSPS) is 11.5. The van der Waals surface area contributed by atoms with E-state index in [0.29, 0.717) is 32.6 Å². The highest BCUT2D eigenvalue weighted by Gasteiger charge is 2.23. The van der Waals surface area contributed by atoms with E-state index >= 15 is 0 Å². The Hall–Kier alpha value is -3.63. The molecule has 0 aliphatic heterocycles. The summed E-state index contributed by atoms with van der Waals surface area (Å²) >= 11 is 6.12. The van der Waals surface area contributed by atoms with Crippen molar-refractivity contribution >= 4 is 38.5 Å². The summed E-state index contributed by atoms with van der Waals surface area (Å²) in [5.74, 6) is -0.743. The van der Waals surface area contributed by atoms with Gasteiger partial charge in [-0.2, -0.15) is 4.98 Å². The highest BCUT2D eigenvalue weighted by molar-refractivity contribution is 7.90. The Kier molecular flexibility index (Phi) is 6.45. The van der Waals surface area contributed by atoms with Crippen LogP contribution in [-0.2, 0) is 21.2 Å². The second-order valence-corrected chi connectivity index (χ2v) is 9.57. The summed E-state index contributed by atoms with van der Waals surface area (Å²) in [6.07, 6.45) is 2.96. The Morgan fingerprint density at radius 1 is 1.15 bits per heavy atom. The zero-order valence-corrected chi connectivity index (χ0v) is 19.8. The number of aliphatic carboxylic acids is 1. The number of carbonyl (C=O) groups is 1. The number of rotatable bonds is 8. The van der Waals surface area contributed by atoms with Crippen LogP contribution in [0.2, 0.25) is 5.02 Å². The minimum Gasteiger partial charge on any atom is -0.481 e. The van der Waals surface area contributed by atoms with Crippen molar-refractivity contribution in [2.75, 3.05) is 14.2 Å². The minimum absolute atomic E-state index is 0.0273. The van der Waals surface area contributed by atoms with Crippen LogP contribution in [0.3, 0.4) is 0 Å². The minimum atomic E-state index is -4.04. The molecule has 0 amide bonds. The molecular weight excluding hydrogens is 482 g/mol. The van der Waals surface area contributed by atoms with Gasteiger partial charge in [0.1, 0.15) is 0 Å². The molecule has 2 aromatic heterocycles. The van der Waals surface area contributed by atoms with Crippen LogP contribution in [0.4, 0.5) is 0 Å². The van der Waals surface area contributed by atoms with E-state index in [-0.39, 0.29) is 29.6 Å². The number of aromatic nitrogens is 3. The van der Waals surface area contributed by atoms with Crippen LogP contribution in [0.15, 0.2) is 59.8 Å². The van der Waals surface area contributed by atoms with E-state index in [1.165, 1.54) is 38.7 Å². The van der Waals surface area contributed by atoms with Crippen molar-refractivity contribution in [2.45, 2.75) is 17.7 Å². The largest absolute Gasteiger partial charge is 0.481 e. The molecule has 0 saturated carbocycles. The maximum atomic E-state index is 13.7. The number of hydrogen-bond donors (Lipinski definition) is 1. The molecule has 0 fully saturated rings. The summed E-state index contributed by atoms with van der Waals surface area (Å²) in [6, 6.07) is 11.3. The maximum Gasteiger partial charge on any atom is 0.319 e. The van der Waals surface area contributed by atoms with Gasteiger partial charge in [0.05, 0.1) is 30.2 Å². The SMILES string of the molecule is COc1ncc(-c2cccc(S(=O)(=O)n3cc(CCC(=O)O)c4cc(Cl)ccc43)c2)c(OC)n1. The standard InChI is InChI=1S/C23H20ClN3O6S/c1-32-22-19(12-25-23(26-22)33-2)14-4-3-5-17(10-14)34(30,31)27-13-15(6-9-21(28)29)18-11-16(24)7-8-20(18)27/h3-5,7-8,10-13H,6,9H2,1-2H3,(H,28,29). The fraction of sp³-hybridized carbons (Fsp3) is 0.174. The molecule has 0 spiro atoms. The summed E-state index contributed by atoms with van der Waals surface area (Å²) in [5.41, 5.74) is 2.00. The smallest absolute Gasteiger partial charge is 0.319 e. The van der Waals surface area contributed by atoms with E-state index in [2.05, 4.69) is 9.97 Å². The third kappa shape index (κ3) is 4.42. The molecule has 0 saturated heterocycles. The first-order valence-corrected chi connectivity index (χ1v) is 11.9. The summed E-state index contributed by atoms with van der Waals surface area (Å²) in [7, 11) is -1.16. The van der Waals surface area contributed by atoms with E-state index < -0.39 is 16.0 Å². The third-order valence-electron chi connectivity index (χ3n) is 5.23. The van der Waals surface area contributed by atoms with Gasteiger partial charge in [0, 0.05) is 29.2 Å². The molecule has 9 nitrogen and oxygen atoms in total. The van der Waals surface area contributed by atoms with Gasteiger partial charge >= 0.3 is 12.0 Å². The van der Waals surface area contributed by atoms with Crippen molar-refractivity contribution in [1.29, 1.82) is 0 Å². The Bertz CT molecular complexity index is 1500. The molecular formula is C23H20ClN3O6S. The topological polar surface area (TPSA) is 121 Å². The average Bonchev–Trinajstić information content (AvgIpc) is 3.20. The second-order valence-electron chi connectivity index (χ2n) is 7.32. The lowest BCUT2D eigenvalue weighted by atomic mass is 10.1. The Labute approximate surface area is 200 Å². The lowest BCUT2D eigenvalue weighted by Gasteiger charge is -2.11. The summed E-state index contributed by atoms with van der Waals surface area (Å²) < 4.78 is 38.8. The number of fused-ring (bicyclic) bond motifs is 1. The molecule has 0 atom stereocenters. The molecule has 2 heterocycles. The van der Waals surface area contributed by atoms with Gasteiger partial charge in [0.15, 0.2) is 0 Å². The van der Waals surface area contributed by atoms with Gasteiger partial charge < -0.3 is 14.6 Å². The van der Waals surface area contributed by atoms with Gasteiger partial charge in [-0.05, 0) is 47.9 Å². The summed E-state index contributed by atoms with van der Waals surface area (Å²) in [6.45, 7) is 0. The molecule has 2 aromatic carbocycles. The lowest BCUT2D eigenvalue weighted by Crippen LogP contribution is -2.12. The van der Waals surface area contributed by atoms with Crippen LogP contribution in [-0.4, -0.2) is 47.7 Å². The second kappa shape index (κ2) is 9.32. The van der Waals surface area contributed by atoms with Crippen LogP contribution in [0.25, 0.3) is 22.0 Å². The fourth-order valence-corrected chi connectivity index (χ4v) is 5.23. The molecule has 4 rings (SSSR count). The number of methoxy groups -OCH3 is 2. The number of hydrogen-bond acceptors (Lipinski definition) is 7. The number of halogens is 1. The number of ether oxygens (including phenoxy) is 2. The van der Waals surface area contributed by atoms with E-state index in [4.69, 9.17) is 26.2 Å². The number of carboxylic acids is 1. The van der Waals surface area contributed by atoms with Crippen LogP contribution < -0.4 is 9.47 Å². The van der Waals surface area contributed by atoms with Crippen LogP contribution >= 0.6 is 11.6 Å². The van der Waals surface area contributed by atoms with Crippen LogP contribution in [0, 0.1) is 0 Å². The molecule has 0 bridgehead atoms. The third-order valence-corrected chi connectivity index (χ3v) is 7.14. The molecule has 0 unspecified atom stereocenters. The predicted octanol–water partition coefficient (Wildman–Crippen LogP) is 4.02. The first-order valence-electron chi connectivity index (χ1n) is 10.1. The molecule has 4 aromatic rings. The molecule has 34 heavy (non-hydrogen) atoms. The van der Waals surface area contributed by atoms with E-state index in [9.17, 15) is 13.2 Å². The van der Waals surface area contributed by atoms with E-state index in [1.54, 1.807) is 30.3 Å². The average molecular weight is 502 g/mol. The van der Waals surface area contributed by atoms with Crippen molar-refractivity contribution in [3.8, 4) is 23.0 Å². The molecule has 1 N–H and O–H groups in total. The van der Waals surface area contributed by atoms with Crippen molar-refractivity contribution < 1.29 is 27.8 Å². The summed E-state index contributed by atoms with van der Waals surface area (Å²) in [4.78, 5) is 19.4. The zero-order chi connectivity index (χ0) is 24.5. The zero-order valence-electron chi connectivity index (χ0n) is 18.2. The summed E-state index contributed by atoms with van der Waals surface area (Å²) in [5, 5.41) is 10.1. The quantitative estimate of drug-likeness (QED) is 0.384.